The monoisotopic (exact) mass is 305 g/mol. The molecule has 2 aromatic rings. The van der Waals surface area contributed by atoms with Gasteiger partial charge in [-0.15, -0.1) is 5.10 Å². The van der Waals surface area contributed by atoms with Crippen LogP contribution in [0.4, 0.5) is 5.69 Å². The van der Waals surface area contributed by atoms with Gasteiger partial charge in [-0.25, -0.2) is 4.68 Å². The van der Waals surface area contributed by atoms with Crippen LogP contribution in [0, 0.1) is 6.92 Å². The Labute approximate surface area is 128 Å². The Morgan fingerprint density at radius 1 is 1.33 bits per heavy atom. The number of benzene rings is 1. The molecule has 1 aromatic carbocycles. The summed E-state index contributed by atoms with van der Waals surface area (Å²) in [5.41, 5.74) is 1.91. The summed E-state index contributed by atoms with van der Waals surface area (Å²) in [6.07, 6.45) is 0. The highest BCUT2D eigenvalue weighted by Gasteiger charge is 2.19. The van der Waals surface area contributed by atoms with Gasteiger partial charge >= 0.3 is 0 Å². The Morgan fingerprint density at radius 2 is 2.10 bits per heavy atom. The molecule has 1 aromatic heterocycles. The van der Waals surface area contributed by atoms with Crippen LogP contribution in [0.2, 0.25) is 0 Å². The van der Waals surface area contributed by atoms with Crippen molar-refractivity contribution >= 4 is 23.4 Å². The van der Waals surface area contributed by atoms with Gasteiger partial charge in [0.1, 0.15) is 0 Å². The fraction of sp³-hybridized carbons (Fsp3) is 0.429. The summed E-state index contributed by atoms with van der Waals surface area (Å²) in [5, 5.41) is 14.8. The maximum Gasteiger partial charge on any atom is 0.237 e. The summed E-state index contributed by atoms with van der Waals surface area (Å²) in [6, 6.07) is 7.88. The van der Waals surface area contributed by atoms with Gasteiger partial charge in [-0.3, -0.25) is 4.79 Å². The average molecular weight is 305 g/mol. The Bertz CT molecular complexity index is 625. The number of thioether (sulfide) groups is 1. The molecule has 0 spiro atoms. The first kappa shape index (κ1) is 15.5. The van der Waals surface area contributed by atoms with Crippen LogP contribution in [-0.2, 0) is 4.79 Å². The summed E-state index contributed by atoms with van der Waals surface area (Å²) >= 11 is 1.35. The highest BCUT2D eigenvalue weighted by atomic mass is 32.2. The second-order valence-corrected chi connectivity index (χ2v) is 6.43. The van der Waals surface area contributed by atoms with Crippen molar-refractivity contribution < 1.29 is 4.79 Å². The molecule has 6 nitrogen and oxygen atoms in total. The number of hydrogen-bond acceptors (Lipinski definition) is 5. The second-order valence-electron chi connectivity index (χ2n) is 5.12. The van der Waals surface area contributed by atoms with Crippen molar-refractivity contribution in [2.24, 2.45) is 0 Å². The number of anilines is 1. The van der Waals surface area contributed by atoms with E-state index in [0.29, 0.717) is 5.16 Å². The molecule has 1 amide bonds. The van der Waals surface area contributed by atoms with E-state index in [1.165, 1.54) is 11.8 Å². The van der Waals surface area contributed by atoms with Gasteiger partial charge in [0.25, 0.3) is 0 Å². The molecule has 0 radical (unpaired) electrons. The maximum atomic E-state index is 12.2. The zero-order valence-electron chi connectivity index (χ0n) is 12.6. The van der Waals surface area contributed by atoms with Gasteiger partial charge in [-0.05, 0) is 55.8 Å². The third-order valence-corrected chi connectivity index (χ3v) is 3.94. The van der Waals surface area contributed by atoms with Crippen LogP contribution in [0.3, 0.4) is 0 Å². The van der Waals surface area contributed by atoms with Crippen LogP contribution < -0.4 is 5.32 Å². The number of carbonyl (C=O) groups excluding carboxylic acids is 1. The van der Waals surface area contributed by atoms with Crippen molar-refractivity contribution in [2.45, 2.75) is 44.1 Å². The fourth-order valence-corrected chi connectivity index (χ4v) is 2.69. The van der Waals surface area contributed by atoms with E-state index < -0.39 is 0 Å². The number of carbonyl (C=O) groups is 1. The number of aryl methyl sites for hydroxylation is 1. The highest BCUT2D eigenvalue weighted by molar-refractivity contribution is 8.00. The number of nitrogens with zero attached hydrogens (tertiary/aromatic N) is 4. The molecule has 21 heavy (non-hydrogen) atoms. The quantitative estimate of drug-likeness (QED) is 0.860. The van der Waals surface area contributed by atoms with Gasteiger partial charge in [-0.1, -0.05) is 23.9 Å². The predicted octanol–water partition coefficient (Wildman–Crippen LogP) is 2.68. The van der Waals surface area contributed by atoms with Gasteiger partial charge in [0.05, 0.1) is 11.3 Å². The lowest BCUT2D eigenvalue weighted by atomic mass is 10.2. The van der Waals surface area contributed by atoms with Gasteiger partial charge in [0.2, 0.25) is 11.1 Å². The van der Waals surface area contributed by atoms with Crippen LogP contribution in [0.1, 0.15) is 32.4 Å². The zero-order chi connectivity index (χ0) is 15.4. The third-order valence-electron chi connectivity index (χ3n) is 2.89. The van der Waals surface area contributed by atoms with Crippen molar-refractivity contribution in [2.75, 3.05) is 5.32 Å². The summed E-state index contributed by atoms with van der Waals surface area (Å²) in [5.74, 6) is -0.0658. The zero-order valence-corrected chi connectivity index (χ0v) is 13.4. The number of rotatable bonds is 5. The molecule has 2 rings (SSSR count). The summed E-state index contributed by atoms with van der Waals surface area (Å²) in [6.45, 7) is 7.83. The average Bonchev–Trinajstić information content (AvgIpc) is 2.87. The number of tetrazole rings is 1. The van der Waals surface area contributed by atoms with Crippen molar-refractivity contribution in [3.8, 4) is 0 Å². The molecule has 1 N–H and O–H groups in total. The van der Waals surface area contributed by atoms with Crippen molar-refractivity contribution in [1.29, 1.82) is 0 Å². The Hall–Kier alpha value is -1.89. The summed E-state index contributed by atoms with van der Waals surface area (Å²) in [7, 11) is 0. The first-order chi connectivity index (χ1) is 9.97. The number of aromatic nitrogens is 4. The Morgan fingerprint density at radius 3 is 2.76 bits per heavy atom. The number of hydrogen-bond donors (Lipinski definition) is 1. The molecule has 112 valence electrons. The molecular weight excluding hydrogens is 286 g/mol. The van der Waals surface area contributed by atoms with Crippen LogP contribution in [0.25, 0.3) is 0 Å². The van der Waals surface area contributed by atoms with Gasteiger partial charge < -0.3 is 5.32 Å². The molecule has 7 heteroatoms. The summed E-state index contributed by atoms with van der Waals surface area (Å²) in [4.78, 5) is 12.2. The highest BCUT2D eigenvalue weighted by Crippen LogP contribution is 2.23. The number of amides is 1. The molecule has 1 heterocycles. The summed E-state index contributed by atoms with van der Waals surface area (Å²) < 4.78 is 1.71. The Kier molecular flexibility index (Phi) is 4.95. The van der Waals surface area contributed by atoms with Crippen molar-refractivity contribution in [1.82, 2.24) is 20.2 Å². The molecule has 0 aliphatic heterocycles. The molecule has 0 aliphatic rings. The van der Waals surface area contributed by atoms with E-state index in [2.05, 4.69) is 20.8 Å². The van der Waals surface area contributed by atoms with E-state index in [-0.39, 0.29) is 17.2 Å². The van der Waals surface area contributed by atoms with Gasteiger partial charge in [0, 0.05) is 5.69 Å². The van der Waals surface area contributed by atoms with E-state index in [1.54, 1.807) is 4.68 Å². The van der Waals surface area contributed by atoms with E-state index in [4.69, 9.17) is 0 Å². The van der Waals surface area contributed by atoms with Crippen LogP contribution in [-0.4, -0.2) is 31.4 Å². The van der Waals surface area contributed by atoms with Gasteiger partial charge in [-0.2, -0.15) is 0 Å². The largest absolute Gasteiger partial charge is 0.325 e. The standard InChI is InChI=1S/C14H19N5OS/c1-9(2)19-14(16-17-18-19)21-11(4)13(20)15-12-7-5-6-10(3)8-12/h5-9,11H,1-4H3,(H,15,20)/t11-/m1/s1. The van der Waals surface area contributed by atoms with Crippen molar-refractivity contribution in [3.63, 3.8) is 0 Å². The van der Waals surface area contributed by atoms with E-state index in [0.717, 1.165) is 11.3 Å². The minimum Gasteiger partial charge on any atom is -0.325 e. The lowest BCUT2D eigenvalue weighted by Crippen LogP contribution is -2.23. The van der Waals surface area contributed by atoms with E-state index in [9.17, 15) is 4.79 Å². The molecule has 0 bridgehead atoms. The minimum atomic E-state index is -0.283. The third kappa shape index (κ3) is 4.04. The van der Waals surface area contributed by atoms with Gasteiger partial charge in [0.15, 0.2) is 0 Å². The van der Waals surface area contributed by atoms with E-state index in [1.807, 2.05) is 52.0 Å². The molecular formula is C14H19N5OS. The van der Waals surface area contributed by atoms with Crippen molar-refractivity contribution in [3.05, 3.63) is 29.8 Å². The lowest BCUT2D eigenvalue weighted by molar-refractivity contribution is -0.115. The first-order valence-corrected chi connectivity index (χ1v) is 7.67. The van der Waals surface area contributed by atoms with E-state index >= 15 is 0 Å². The Balaban J connectivity index is 2.01. The molecule has 0 saturated heterocycles. The smallest absolute Gasteiger partial charge is 0.237 e. The molecule has 0 fully saturated rings. The predicted molar refractivity (Wildman–Crippen MR) is 83.3 cm³/mol. The number of nitrogens with one attached hydrogen (secondary N) is 1. The normalized spacial score (nSPS) is 12.4. The van der Waals surface area contributed by atoms with Crippen LogP contribution in [0.5, 0.6) is 0 Å². The molecule has 0 aliphatic carbocycles. The second kappa shape index (κ2) is 6.71. The lowest BCUT2D eigenvalue weighted by Gasteiger charge is -2.13. The fourth-order valence-electron chi connectivity index (χ4n) is 1.77. The van der Waals surface area contributed by atoms with Crippen LogP contribution >= 0.6 is 11.8 Å². The SMILES string of the molecule is Cc1cccc(NC(=O)[C@@H](C)Sc2nnnn2C(C)C)c1. The molecule has 0 unspecified atom stereocenters. The topological polar surface area (TPSA) is 72.7 Å². The molecule has 1 atom stereocenters. The molecule has 0 saturated carbocycles. The first-order valence-electron chi connectivity index (χ1n) is 6.79. The maximum absolute atomic E-state index is 12.2. The van der Waals surface area contributed by atoms with Crippen LogP contribution in [0.15, 0.2) is 29.4 Å². The minimum absolute atomic E-state index is 0.0658.